The van der Waals surface area contributed by atoms with E-state index >= 15 is 0 Å². The molecular weight excluding hydrogens is 580 g/mol. The van der Waals surface area contributed by atoms with Crippen LogP contribution in [0, 0.1) is 6.92 Å². The van der Waals surface area contributed by atoms with Gasteiger partial charge in [0.2, 0.25) is 10.0 Å². The third-order valence-corrected chi connectivity index (χ3v) is 21.5. The fraction of sp³-hybridized carbons (Fsp3) is 0.464. The van der Waals surface area contributed by atoms with Crippen molar-refractivity contribution in [2.75, 3.05) is 0 Å². The van der Waals surface area contributed by atoms with E-state index < -0.39 is 26.3 Å². The second-order valence-corrected chi connectivity index (χ2v) is 26.1. The molecule has 0 fully saturated rings. The van der Waals surface area contributed by atoms with Crippen LogP contribution in [-0.4, -0.2) is 34.7 Å². The molecule has 0 saturated carbocycles. The topological polar surface area (TPSA) is 82.2 Å². The van der Waals surface area contributed by atoms with E-state index in [2.05, 4.69) is 94.1 Å². The van der Waals surface area contributed by atoms with Crippen LogP contribution in [-0.2, 0) is 10.0 Å². The van der Waals surface area contributed by atoms with E-state index in [0.29, 0.717) is 16.7 Å². The Morgan fingerprint density at radius 1 is 0.919 bits per heavy atom. The van der Waals surface area contributed by atoms with Crippen LogP contribution in [0.1, 0.15) is 63.0 Å². The summed E-state index contributed by atoms with van der Waals surface area (Å²) < 4.78 is 28.6. The summed E-state index contributed by atoms with van der Waals surface area (Å²) in [6.07, 6.45) is 2.14. The van der Waals surface area contributed by atoms with Crippen LogP contribution in [0.15, 0.2) is 45.9 Å². The Morgan fingerprint density at radius 2 is 1.49 bits per heavy atom. The van der Waals surface area contributed by atoms with Gasteiger partial charge in [0.15, 0.2) is 14.0 Å². The molecule has 3 aromatic rings. The van der Waals surface area contributed by atoms with Crippen LogP contribution < -0.4 is 10.3 Å². The minimum atomic E-state index is -4.01. The standard InChI is InChI=1S/C28H41BrN2O3SSi2/c1-18-24(35(30,33)34)15-20(16-25(18)36(8,9)27(2,3)4)26(32)19-12-13-21-22(29)17-31(23(21)14-19)37(10,11)28(5,6)7/h12-17H,1-11H3,(H2,30,33,34). The Bertz CT molecular complexity index is 1510. The molecule has 0 radical (unpaired) electrons. The van der Waals surface area contributed by atoms with Crippen molar-refractivity contribution in [3.05, 3.63) is 57.7 Å². The molecule has 0 bridgehead atoms. The molecule has 0 unspecified atom stereocenters. The summed E-state index contributed by atoms with van der Waals surface area (Å²) in [6.45, 7) is 24.2. The molecule has 1 aromatic heterocycles. The number of aromatic nitrogens is 1. The monoisotopic (exact) mass is 620 g/mol. The number of hydrogen-bond donors (Lipinski definition) is 1. The van der Waals surface area contributed by atoms with Crippen LogP contribution in [0.25, 0.3) is 10.9 Å². The summed E-state index contributed by atoms with van der Waals surface area (Å²) in [6, 6.07) is 9.12. The van der Waals surface area contributed by atoms with E-state index in [1.54, 1.807) is 6.92 Å². The van der Waals surface area contributed by atoms with Gasteiger partial charge in [0.1, 0.15) is 0 Å². The molecule has 37 heavy (non-hydrogen) atoms. The lowest BCUT2D eigenvalue weighted by Crippen LogP contribution is -2.51. The minimum Gasteiger partial charge on any atom is -0.373 e. The molecule has 0 atom stereocenters. The molecule has 9 heteroatoms. The van der Waals surface area contributed by atoms with E-state index in [1.807, 2.05) is 24.3 Å². The van der Waals surface area contributed by atoms with Gasteiger partial charge in [-0.1, -0.05) is 91.1 Å². The van der Waals surface area contributed by atoms with Gasteiger partial charge in [0.05, 0.1) is 13.0 Å². The number of hydrogen-bond acceptors (Lipinski definition) is 3. The number of nitrogens with two attached hydrogens (primary N) is 1. The molecule has 202 valence electrons. The Kier molecular flexibility index (Phi) is 7.54. The molecule has 0 amide bonds. The van der Waals surface area contributed by atoms with Gasteiger partial charge < -0.3 is 4.23 Å². The summed E-state index contributed by atoms with van der Waals surface area (Å²) in [4.78, 5) is 14.0. The van der Waals surface area contributed by atoms with Crippen LogP contribution >= 0.6 is 15.9 Å². The van der Waals surface area contributed by atoms with E-state index in [-0.39, 0.29) is 20.8 Å². The zero-order valence-corrected chi connectivity index (χ0v) is 28.4. The van der Waals surface area contributed by atoms with Gasteiger partial charge >= 0.3 is 0 Å². The number of primary sulfonamides is 1. The highest BCUT2D eigenvalue weighted by atomic mass is 79.9. The summed E-state index contributed by atoms with van der Waals surface area (Å²) in [5.41, 5.74) is 2.55. The highest BCUT2D eigenvalue weighted by Gasteiger charge is 2.40. The van der Waals surface area contributed by atoms with E-state index in [9.17, 15) is 13.2 Å². The maximum absolute atomic E-state index is 13.9. The lowest BCUT2D eigenvalue weighted by atomic mass is 10.0. The molecule has 0 aliphatic heterocycles. The third kappa shape index (κ3) is 5.22. The molecule has 0 aliphatic rings. The van der Waals surface area contributed by atoms with E-state index in [4.69, 9.17) is 5.14 Å². The Labute approximate surface area is 233 Å². The predicted octanol–water partition coefficient (Wildman–Crippen LogP) is 7.16. The smallest absolute Gasteiger partial charge is 0.238 e. The number of carbonyl (C=O) groups excluding carboxylic acids is 1. The van der Waals surface area contributed by atoms with Crippen molar-refractivity contribution in [1.29, 1.82) is 0 Å². The van der Waals surface area contributed by atoms with Crippen LogP contribution in [0.3, 0.4) is 0 Å². The summed E-state index contributed by atoms with van der Waals surface area (Å²) >= 11 is 3.71. The third-order valence-electron chi connectivity index (χ3n) is 8.93. The first-order valence-corrected chi connectivity index (χ1v) is 20.8. The van der Waals surface area contributed by atoms with Crippen molar-refractivity contribution in [2.24, 2.45) is 5.14 Å². The molecule has 2 N–H and O–H groups in total. The highest BCUT2D eigenvalue weighted by Crippen LogP contribution is 2.41. The Morgan fingerprint density at radius 3 is 1.97 bits per heavy atom. The van der Waals surface area contributed by atoms with Gasteiger partial charge in [-0.05, 0) is 50.6 Å². The molecule has 2 aromatic carbocycles. The maximum Gasteiger partial charge on any atom is 0.238 e. The quantitative estimate of drug-likeness (QED) is 0.243. The Balaban J connectivity index is 2.30. The van der Waals surface area contributed by atoms with E-state index in [1.165, 1.54) is 6.07 Å². The normalized spacial score (nSPS) is 13.9. The number of nitrogens with zero attached hydrogens (tertiary/aromatic N) is 1. The number of benzene rings is 2. The van der Waals surface area contributed by atoms with Gasteiger partial charge in [-0.25, -0.2) is 13.6 Å². The largest absolute Gasteiger partial charge is 0.373 e. The fourth-order valence-electron chi connectivity index (χ4n) is 4.48. The molecule has 0 aliphatic carbocycles. The lowest BCUT2D eigenvalue weighted by molar-refractivity contribution is 0.103. The first-order chi connectivity index (χ1) is 16.5. The second-order valence-electron chi connectivity index (χ2n) is 13.3. The molecule has 0 saturated heterocycles. The van der Waals surface area contributed by atoms with Crippen molar-refractivity contribution in [3.63, 3.8) is 0 Å². The van der Waals surface area contributed by atoms with Gasteiger partial charge in [-0.2, -0.15) is 0 Å². The van der Waals surface area contributed by atoms with E-state index in [0.717, 1.165) is 20.6 Å². The minimum absolute atomic E-state index is 0.0339. The average Bonchev–Trinajstić information content (AvgIpc) is 3.07. The number of fused-ring (bicyclic) bond motifs is 1. The number of sulfonamides is 1. The molecule has 5 nitrogen and oxygen atoms in total. The summed E-state index contributed by atoms with van der Waals surface area (Å²) in [5, 5.41) is 7.69. The summed E-state index contributed by atoms with van der Waals surface area (Å²) in [7, 11) is -8.17. The highest BCUT2D eigenvalue weighted by molar-refractivity contribution is 9.10. The SMILES string of the molecule is Cc1c([Si](C)(C)C(C)(C)C)cc(C(=O)c2ccc3c(Br)cn([Si](C)(C)C(C)(C)C)c3c2)cc1S(N)(=O)=O. The van der Waals surface area contributed by atoms with Crippen molar-refractivity contribution in [2.45, 2.75) is 89.6 Å². The Hall–Kier alpha value is -1.53. The molecular formula is C28H41BrN2O3SSi2. The van der Waals surface area contributed by atoms with Crippen molar-refractivity contribution in [1.82, 2.24) is 4.23 Å². The average molecular weight is 622 g/mol. The number of rotatable bonds is 5. The first-order valence-electron chi connectivity index (χ1n) is 12.6. The lowest BCUT2D eigenvalue weighted by Gasteiger charge is -2.39. The molecule has 3 rings (SSSR count). The zero-order valence-electron chi connectivity index (χ0n) is 24.0. The molecule has 0 spiro atoms. The van der Waals surface area contributed by atoms with Gasteiger partial charge in [-0.3, -0.25) is 4.79 Å². The van der Waals surface area contributed by atoms with Crippen LogP contribution in [0.5, 0.6) is 0 Å². The van der Waals surface area contributed by atoms with Crippen LogP contribution in [0.2, 0.25) is 36.3 Å². The summed E-state index contributed by atoms with van der Waals surface area (Å²) in [5.74, 6) is -0.203. The zero-order chi connectivity index (χ0) is 28.5. The van der Waals surface area contributed by atoms with Crippen molar-refractivity contribution >= 4 is 64.1 Å². The number of carbonyl (C=O) groups is 1. The maximum atomic E-state index is 13.9. The molecule has 1 heterocycles. The first kappa shape index (κ1) is 30.0. The van der Waals surface area contributed by atoms with Gasteiger partial charge in [0.25, 0.3) is 0 Å². The fourth-order valence-corrected chi connectivity index (χ4v) is 10.5. The number of halogens is 1. The number of ketones is 1. The van der Waals surface area contributed by atoms with Crippen molar-refractivity contribution < 1.29 is 13.2 Å². The second kappa shape index (κ2) is 9.29. The van der Waals surface area contributed by atoms with Crippen molar-refractivity contribution in [3.8, 4) is 0 Å². The van der Waals surface area contributed by atoms with Crippen LogP contribution in [0.4, 0.5) is 0 Å². The predicted molar refractivity (Wildman–Crippen MR) is 165 cm³/mol. The van der Waals surface area contributed by atoms with Gasteiger partial charge in [0, 0.05) is 32.7 Å². The van der Waals surface area contributed by atoms with Gasteiger partial charge in [-0.15, -0.1) is 0 Å².